The highest BCUT2D eigenvalue weighted by Gasteiger charge is 2.12. The zero-order chi connectivity index (χ0) is 23.6. The van der Waals surface area contributed by atoms with E-state index in [-0.39, 0.29) is 5.78 Å². The number of carbonyl (C=O) groups is 1. The Bertz CT molecular complexity index is 1270. The van der Waals surface area contributed by atoms with E-state index in [0.717, 1.165) is 59.6 Å². The fraction of sp³-hybridized carbons (Fsp3) is 0.182. The van der Waals surface area contributed by atoms with Crippen molar-refractivity contribution in [3.05, 3.63) is 144 Å². The number of ketones is 1. The van der Waals surface area contributed by atoms with Crippen LogP contribution in [0.4, 0.5) is 0 Å². The van der Waals surface area contributed by atoms with E-state index in [1.54, 1.807) is 0 Å². The van der Waals surface area contributed by atoms with E-state index >= 15 is 0 Å². The van der Waals surface area contributed by atoms with Crippen LogP contribution in [-0.4, -0.2) is 5.78 Å². The van der Waals surface area contributed by atoms with Crippen LogP contribution in [0.2, 0.25) is 0 Å². The Morgan fingerprint density at radius 3 is 2.03 bits per heavy atom. The monoisotopic (exact) mass is 444 g/mol. The number of allylic oxidation sites excluding steroid dienone is 3. The molecular weight excluding hydrogens is 412 g/mol. The molecule has 0 spiro atoms. The lowest BCUT2D eigenvalue weighted by Crippen LogP contribution is -2.03. The molecule has 0 saturated heterocycles. The fourth-order valence-corrected chi connectivity index (χ4v) is 4.35. The summed E-state index contributed by atoms with van der Waals surface area (Å²) in [6.45, 7) is 4.39. The standard InChI is InChI=1S/C33H32O/c1-26(12-10-17-27-13-4-2-5-14-27)30(21-11-18-28-15-6-3-7-16-28)25-33(34)32-23-22-29-19-8-9-20-31(29)24-32/h2-9,13-16,19-24H,1,10-12,17-18,25H2/b30-21-. The van der Waals surface area contributed by atoms with Crippen LogP contribution in [-0.2, 0) is 12.8 Å². The average molecular weight is 445 g/mol. The maximum atomic E-state index is 13.2. The first-order valence-corrected chi connectivity index (χ1v) is 12.2. The third-order valence-corrected chi connectivity index (χ3v) is 6.33. The van der Waals surface area contributed by atoms with E-state index < -0.39 is 0 Å². The highest BCUT2D eigenvalue weighted by Crippen LogP contribution is 2.24. The van der Waals surface area contributed by atoms with Crippen LogP contribution in [0.25, 0.3) is 10.8 Å². The third kappa shape index (κ3) is 6.65. The SMILES string of the molecule is C=C(CCCc1ccccc1)/C(=C\CCc1ccccc1)CC(=O)c1ccc2ccccc2c1. The molecule has 0 aliphatic rings. The molecule has 0 heterocycles. The number of hydrogen-bond donors (Lipinski definition) is 0. The molecular formula is C33H32O. The van der Waals surface area contributed by atoms with Crippen molar-refractivity contribution >= 4 is 16.6 Å². The van der Waals surface area contributed by atoms with E-state index in [1.807, 2.05) is 36.4 Å². The number of Topliss-reactive ketones (excluding diaryl/α,β-unsaturated/α-hetero) is 1. The molecule has 0 aromatic heterocycles. The van der Waals surface area contributed by atoms with Gasteiger partial charge in [0.05, 0.1) is 0 Å². The van der Waals surface area contributed by atoms with Crippen LogP contribution < -0.4 is 0 Å². The van der Waals surface area contributed by atoms with E-state index in [9.17, 15) is 4.79 Å². The van der Waals surface area contributed by atoms with Crippen molar-refractivity contribution in [2.45, 2.75) is 38.5 Å². The van der Waals surface area contributed by atoms with Gasteiger partial charge in [0.1, 0.15) is 0 Å². The summed E-state index contributed by atoms with van der Waals surface area (Å²) in [5.41, 5.74) is 5.59. The van der Waals surface area contributed by atoms with Crippen LogP contribution in [0.1, 0.15) is 47.2 Å². The molecule has 0 aliphatic heterocycles. The van der Waals surface area contributed by atoms with Crippen molar-refractivity contribution < 1.29 is 4.79 Å². The number of aryl methyl sites for hydroxylation is 2. The number of hydrogen-bond acceptors (Lipinski definition) is 1. The molecule has 0 unspecified atom stereocenters. The first-order chi connectivity index (χ1) is 16.7. The lowest BCUT2D eigenvalue weighted by molar-refractivity contribution is 0.0993. The zero-order valence-electron chi connectivity index (χ0n) is 19.8. The van der Waals surface area contributed by atoms with Gasteiger partial charge in [0, 0.05) is 12.0 Å². The van der Waals surface area contributed by atoms with Gasteiger partial charge in [-0.1, -0.05) is 115 Å². The van der Waals surface area contributed by atoms with Crippen molar-refractivity contribution in [3.63, 3.8) is 0 Å². The molecule has 0 bridgehead atoms. The van der Waals surface area contributed by atoms with Gasteiger partial charge in [-0.2, -0.15) is 0 Å². The quantitative estimate of drug-likeness (QED) is 0.167. The second-order valence-corrected chi connectivity index (χ2v) is 8.86. The molecule has 170 valence electrons. The highest BCUT2D eigenvalue weighted by atomic mass is 16.1. The summed E-state index contributed by atoms with van der Waals surface area (Å²) in [4.78, 5) is 13.2. The second kappa shape index (κ2) is 12.0. The Kier molecular flexibility index (Phi) is 8.24. The first-order valence-electron chi connectivity index (χ1n) is 12.2. The van der Waals surface area contributed by atoms with Crippen LogP contribution in [0.15, 0.2) is 127 Å². The summed E-state index contributed by atoms with van der Waals surface area (Å²) in [5, 5.41) is 2.26. The average Bonchev–Trinajstić information content (AvgIpc) is 2.89. The van der Waals surface area contributed by atoms with Crippen LogP contribution in [0.5, 0.6) is 0 Å². The molecule has 1 nitrogen and oxygen atoms in total. The Morgan fingerprint density at radius 1 is 0.706 bits per heavy atom. The Labute approximate surface area is 203 Å². The van der Waals surface area contributed by atoms with Gasteiger partial charge < -0.3 is 0 Å². The first kappa shape index (κ1) is 23.4. The Morgan fingerprint density at radius 2 is 1.32 bits per heavy atom. The summed E-state index contributed by atoms with van der Waals surface area (Å²) in [6.07, 6.45) is 7.46. The summed E-state index contributed by atoms with van der Waals surface area (Å²) in [7, 11) is 0. The topological polar surface area (TPSA) is 17.1 Å². The van der Waals surface area contributed by atoms with Gasteiger partial charge in [0.2, 0.25) is 0 Å². The van der Waals surface area contributed by atoms with E-state index in [0.29, 0.717) is 6.42 Å². The van der Waals surface area contributed by atoms with E-state index in [4.69, 9.17) is 0 Å². The van der Waals surface area contributed by atoms with E-state index in [2.05, 4.69) is 79.4 Å². The van der Waals surface area contributed by atoms with Crippen LogP contribution in [0, 0.1) is 0 Å². The van der Waals surface area contributed by atoms with Crippen molar-refractivity contribution in [2.75, 3.05) is 0 Å². The molecule has 0 aliphatic carbocycles. The largest absolute Gasteiger partial charge is 0.294 e. The summed E-state index contributed by atoms with van der Waals surface area (Å²) < 4.78 is 0. The Hall–Kier alpha value is -3.71. The molecule has 4 aromatic rings. The number of fused-ring (bicyclic) bond motifs is 1. The molecule has 0 N–H and O–H groups in total. The molecule has 4 aromatic carbocycles. The summed E-state index contributed by atoms with van der Waals surface area (Å²) >= 11 is 0. The maximum absolute atomic E-state index is 13.2. The normalized spacial score (nSPS) is 11.5. The number of rotatable bonds is 11. The third-order valence-electron chi connectivity index (χ3n) is 6.33. The number of benzene rings is 4. The predicted octanol–water partition coefficient (Wildman–Crippen LogP) is 8.55. The summed E-state index contributed by atoms with van der Waals surface area (Å²) in [5.74, 6) is 0.154. The second-order valence-electron chi connectivity index (χ2n) is 8.86. The van der Waals surface area contributed by atoms with Gasteiger partial charge >= 0.3 is 0 Å². The predicted molar refractivity (Wildman–Crippen MR) is 144 cm³/mol. The van der Waals surface area contributed by atoms with E-state index in [1.165, 1.54) is 11.1 Å². The fourth-order valence-electron chi connectivity index (χ4n) is 4.35. The molecule has 0 amide bonds. The minimum Gasteiger partial charge on any atom is -0.294 e. The van der Waals surface area contributed by atoms with Gasteiger partial charge in [-0.25, -0.2) is 0 Å². The highest BCUT2D eigenvalue weighted by molar-refractivity contribution is 6.01. The minimum absolute atomic E-state index is 0.154. The molecule has 34 heavy (non-hydrogen) atoms. The molecule has 0 radical (unpaired) electrons. The van der Waals surface area contributed by atoms with Gasteiger partial charge in [-0.3, -0.25) is 4.79 Å². The lowest BCUT2D eigenvalue weighted by atomic mass is 9.92. The van der Waals surface area contributed by atoms with Gasteiger partial charge in [0.25, 0.3) is 0 Å². The maximum Gasteiger partial charge on any atom is 0.167 e. The van der Waals surface area contributed by atoms with Crippen molar-refractivity contribution in [1.82, 2.24) is 0 Å². The smallest absolute Gasteiger partial charge is 0.167 e. The molecule has 1 heteroatoms. The molecule has 0 fully saturated rings. The lowest BCUT2D eigenvalue weighted by Gasteiger charge is -2.12. The van der Waals surface area contributed by atoms with Gasteiger partial charge in [-0.05, 0) is 65.6 Å². The van der Waals surface area contributed by atoms with Crippen molar-refractivity contribution in [3.8, 4) is 0 Å². The number of carbonyl (C=O) groups excluding carboxylic acids is 1. The van der Waals surface area contributed by atoms with Crippen molar-refractivity contribution in [1.29, 1.82) is 0 Å². The molecule has 0 saturated carbocycles. The van der Waals surface area contributed by atoms with Gasteiger partial charge in [0.15, 0.2) is 5.78 Å². The van der Waals surface area contributed by atoms with Crippen LogP contribution in [0.3, 0.4) is 0 Å². The van der Waals surface area contributed by atoms with Crippen LogP contribution >= 0.6 is 0 Å². The summed E-state index contributed by atoms with van der Waals surface area (Å²) in [6, 6.07) is 35.2. The van der Waals surface area contributed by atoms with Crippen molar-refractivity contribution in [2.24, 2.45) is 0 Å². The Balaban J connectivity index is 1.45. The minimum atomic E-state index is 0.154. The van der Waals surface area contributed by atoms with Gasteiger partial charge in [-0.15, -0.1) is 0 Å². The molecule has 4 rings (SSSR count). The molecule has 0 atom stereocenters. The zero-order valence-corrected chi connectivity index (χ0v) is 19.8.